The van der Waals surface area contributed by atoms with E-state index in [4.69, 9.17) is 10.8 Å². The number of amides is 3. The highest BCUT2D eigenvalue weighted by Crippen LogP contribution is 2.07. The molecule has 0 aromatic rings. The molecule has 0 saturated carbocycles. The summed E-state index contributed by atoms with van der Waals surface area (Å²) in [5, 5.41) is 15.7. The summed E-state index contributed by atoms with van der Waals surface area (Å²) in [4.78, 5) is 44.5. The molecule has 4 N–H and O–H groups in total. The summed E-state index contributed by atoms with van der Waals surface area (Å²) in [7, 11) is 1.40. The van der Waals surface area contributed by atoms with Gasteiger partial charge in [0.15, 0.2) is 0 Å². The van der Waals surface area contributed by atoms with Crippen LogP contribution in [0.15, 0.2) is 5.10 Å². The molecule has 104 valence electrons. The van der Waals surface area contributed by atoms with Crippen molar-refractivity contribution < 1.29 is 24.3 Å². The second-order valence-corrected chi connectivity index (χ2v) is 4.00. The minimum Gasteiger partial charge on any atom is -0.480 e. The van der Waals surface area contributed by atoms with E-state index in [1.54, 1.807) is 0 Å². The third-order valence-corrected chi connectivity index (χ3v) is 2.48. The Balaban J connectivity index is 2.72. The minimum absolute atomic E-state index is 0.0396. The van der Waals surface area contributed by atoms with E-state index in [-0.39, 0.29) is 24.5 Å². The van der Waals surface area contributed by atoms with Gasteiger partial charge in [0, 0.05) is 19.9 Å². The predicted octanol–water partition coefficient (Wildman–Crippen LogP) is -1.96. The van der Waals surface area contributed by atoms with Gasteiger partial charge in [0.1, 0.15) is 11.8 Å². The number of carbonyl (C=O) groups excluding carboxylic acids is 3. The van der Waals surface area contributed by atoms with E-state index in [9.17, 15) is 19.2 Å². The Morgan fingerprint density at radius 3 is 2.58 bits per heavy atom. The molecular weight excluding hydrogens is 256 g/mol. The van der Waals surface area contributed by atoms with E-state index in [1.807, 2.05) is 0 Å². The van der Waals surface area contributed by atoms with Crippen LogP contribution in [0.25, 0.3) is 0 Å². The van der Waals surface area contributed by atoms with Crippen molar-refractivity contribution >= 4 is 29.4 Å². The first kappa shape index (κ1) is 14.6. The third-order valence-electron chi connectivity index (χ3n) is 2.48. The van der Waals surface area contributed by atoms with Crippen LogP contribution in [-0.2, 0) is 19.2 Å². The smallest absolute Gasteiger partial charge is 0.326 e. The molecule has 0 saturated heterocycles. The number of nitrogens with zero attached hydrogens (tertiary/aromatic N) is 2. The molecule has 0 unspecified atom stereocenters. The highest BCUT2D eigenvalue weighted by Gasteiger charge is 2.27. The third kappa shape index (κ3) is 4.05. The summed E-state index contributed by atoms with van der Waals surface area (Å²) in [6.45, 7) is 0. The van der Waals surface area contributed by atoms with Gasteiger partial charge in [-0.3, -0.25) is 14.4 Å². The number of hydrogen-bond donors (Lipinski definition) is 3. The monoisotopic (exact) mass is 270 g/mol. The Hall–Kier alpha value is -2.45. The summed E-state index contributed by atoms with van der Waals surface area (Å²) in [6, 6.07) is -1.41. The quantitative estimate of drug-likeness (QED) is 0.531. The first-order chi connectivity index (χ1) is 8.81. The second-order valence-electron chi connectivity index (χ2n) is 4.00. The number of carboxylic acids is 1. The van der Waals surface area contributed by atoms with Crippen LogP contribution in [0.4, 0.5) is 0 Å². The summed E-state index contributed by atoms with van der Waals surface area (Å²) in [5.41, 5.74) is 4.93. The van der Waals surface area contributed by atoms with Crippen molar-refractivity contribution in [1.82, 2.24) is 10.3 Å². The van der Waals surface area contributed by atoms with Crippen LogP contribution in [-0.4, -0.2) is 52.6 Å². The first-order valence-electron chi connectivity index (χ1n) is 5.47. The van der Waals surface area contributed by atoms with Crippen molar-refractivity contribution in [2.24, 2.45) is 10.8 Å². The maximum atomic E-state index is 11.8. The van der Waals surface area contributed by atoms with Gasteiger partial charge < -0.3 is 16.2 Å². The van der Waals surface area contributed by atoms with Crippen molar-refractivity contribution in [1.29, 1.82) is 0 Å². The van der Waals surface area contributed by atoms with Crippen molar-refractivity contribution in [2.45, 2.75) is 25.3 Å². The molecular formula is C10H14N4O5. The molecule has 1 aliphatic heterocycles. The fourth-order valence-electron chi connectivity index (χ4n) is 1.48. The number of rotatable bonds is 5. The van der Waals surface area contributed by atoms with Crippen molar-refractivity contribution in [3.8, 4) is 0 Å². The molecule has 3 amide bonds. The van der Waals surface area contributed by atoms with E-state index >= 15 is 0 Å². The first-order valence-corrected chi connectivity index (χ1v) is 5.47. The fourth-order valence-corrected chi connectivity index (χ4v) is 1.48. The van der Waals surface area contributed by atoms with Crippen molar-refractivity contribution in [2.75, 3.05) is 7.05 Å². The van der Waals surface area contributed by atoms with Crippen molar-refractivity contribution in [3.05, 3.63) is 0 Å². The van der Waals surface area contributed by atoms with Gasteiger partial charge in [-0.1, -0.05) is 0 Å². The van der Waals surface area contributed by atoms with Crippen LogP contribution in [0.2, 0.25) is 0 Å². The molecule has 0 fully saturated rings. The summed E-state index contributed by atoms with van der Waals surface area (Å²) < 4.78 is 0. The van der Waals surface area contributed by atoms with Crippen LogP contribution < -0.4 is 11.1 Å². The van der Waals surface area contributed by atoms with E-state index < -0.39 is 30.2 Å². The predicted molar refractivity (Wildman–Crippen MR) is 62.8 cm³/mol. The average molecular weight is 270 g/mol. The lowest BCUT2D eigenvalue weighted by atomic mass is 10.1. The molecule has 19 heavy (non-hydrogen) atoms. The Bertz CT molecular complexity index is 459. The van der Waals surface area contributed by atoms with E-state index in [1.165, 1.54) is 7.05 Å². The standard InChI is InChI=1S/C10H14N4O5/c1-14-8(16)3-2-5(13-14)9(17)12-6(10(18)19)4-7(11)15/h6H,2-4H2,1H3,(H2,11,15)(H,12,17)(H,18,19)/t6-/m1/s1. The number of nitrogens with two attached hydrogens (primary N) is 1. The maximum absolute atomic E-state index is 11.8. The van der Waals surface area contributed by atoms with E-state index in [0.29, 0.717) is 0 Å². The van der Waals surface area contributed by atoms with Crippen LogP contribution in [0, 0.1) is 0 Å². The minimum atomic E-state index is -1.41. The molecule has 0 aromatic heterocycles. The normalized spacial score (nSPS) is 16.6. The molecule has 0 radical (unpaired) electrons. The summed E-state index contributed by atoms with van der Waals surface area (Å²) in [5.74, 6) is -3.17. The van der Waals surface area contributed by atoms with Crippen LogP contribution in [0.3, 0.4) is 0 Å². The van der Waals surface area contributed by atoms with E-state index in [2.05, 4.69) is 10.4 Å². The van der Waals surface area contributed by atoms with Gasteiger partial charge in [-0.15, -0.1) is 0 Å². The molecule has 0 aromatic carbocycles. The zero-order chi connectivity index (χ0) is 14.6. The van der Waals surface area contributed by atoms with Gasteiger partial charge in [-0.2, -0.15) is 5.10 Å². The molecule has 1 aliphatic rings. The number of carboxylic acid groups (broad SMARTS) is 1. The highest BCUT2D eigenvalue weighted by molar-refractivity contribution is 6.39. The number of carbonyl (C=O) groups is 4. The summed E-state index contributed by atoms with van der Waals surface area (Å²) in [6.07, 6.45) is -0.267. The number of hydrazone groups is 1. The SMILES string of the molecule is CN1N=C(C(=O)N[C@H](CC(N)=O)C(=O)O)CCC1=O. The zero-order valence-corrected chi connectivity index (χ0v) is 10.3. The van der Waals surface area contributed by atoms with Gasteiger partial charge >= 0.3 is 5.97 Å². The molecule has 9 nitrogen and oxygen atoms in total. The van der Waals surface area contributed by atoms with Crippen LogP contribution >= 0.6 is 0 Å². The number of primary amides is 1. The lowest BCUT2D eigenvalue weighted by Gasteiger charge is -2.20. The number of aliphatic carboxylic acids is 1. The van der Waals surface area contributed by atoms with Gasteiger partial charge in [-0.25, -0.2) is 9.80 Å². The second kappa shape index (κ2) is 5.94. The molecule has 0 aliphatic carbocycles. The summed E-state index contributed by atoms with van der Waals surface area (Å²) >= 11 is 0. The maximum Gasteiger partial charge on any atom is 0.326 e. The lowest BCUT2D eigenvalue weighted by Crippen LogP contribution is -2.47. The van der Waals surface area contributed by atoms with Gasteiger partial charge in [-0.05, 0) is 0 Å². The zero-order valence-electron chi connectivity index (χ0n) is 10.3. The number of hydrogen-bond acceptors (Lipinski definition) is 5. The lowest BCUT2D eigenvalue weighted by molar-refractivity contribution is -0.142. The van der Waals surface area contributed by atoms with Gasteiger partial charge in [0.25, 0.3) is 5.91 Å². The Morgan fingerprint density at radius 1 is 1.47 bits per heavy atom. The molecule has 0 bridgehead atoms. The fraction of sp³-hybridized carbons (Fsp3) is 0.500. The van der Waals surface area contributed by atoms with Gasteiger partial charge in [0.2, 0.25) is 11.8 Å². The molecule has 1 atom stereocenters. The van der Waals surface area contributed by atoms with Crippen molar-refractivity contribution in [3.63, 3.8) is 0 Å². The molecule has 1 rings (SSSR count). The largest absolute Gasteiger partial charge is 0.480 e. The Kier molecular flexibility index (Phi) is 4.56. The highest BCUT2D eigenvalue weighted by atomic mass is 16.4. The van der Waals surface area contributed by atoms with Gasteiger partial charge in [0.05, 0.1) is 6.42 Å². The topological polar surface area (TPSA) is 142 Å². The van der Waals surface area contributed by atoms with E-state index in [0.717, 1.165) is 5.01 Å². The Labute approximate surface area is 108 Å². The molecule has 0 spiro atoms. The Morgan fingerprint density at radius 2 is 2.11 bits per heavy atom. The molecule has 9 heteroatoms. The van der Waals surface area contributed by atoms with Crippen LogP contribution in [0.5, 0.6) is 0 Å². The van der Waals surface area contributed by atoms with Crippen LogP contribution in [0.1, 0.15) is 19.3 Å². The molecule has 1 heterocycles. The average Bonchev–Trinajstić information content (AvgIpc) is 2.31. The number of nitrogens with one attached hydrogen (secondary N) is 1.